The number of thiophene rings is 1. The summed E-state index contributed by atoms with van der Waals surface area (Å²) in [7, 11) is -3.84. The molecule has 29 heavy (non-hydrogen) atoms. The number of aromatic nitrogens is 5. The Morgan fingerprint density at radius 2 is 1.93 bits per heavy atom. The van der Waals surface area contributed by atoms with Gasteiger partial charge in [0.1, 0.15) is 15.7 Å². The summed E-state index contributed by atoms with van der Waals surface area (Å²) in [4.78, 5) is 4.64. The highest BCUT2D eigenvalue weighted by Gasteiger charge is 2.20. The molecule has 3 aromatic heterocycles. The zero-order valence-electron chi connectivity index (χ0n) is 14.3. The van der Waals surface area contributed by atoms with E-state index in [9.17, 15) is 17.2 Å². The van der Waals surface area contributed by atoms with Gasteiger partial charge in [0.25, 0.3) is 0 Å². The standard InChI is InChI=1S/C16H11F2N7O2S2/c17-10-2-1-3-11(14(10)18)25-16(22-23-24-25)9-6-8(7-21-15(9)19)12-4-5-13(28-12)29(20,26)27/h1-7H,(H2,19,21)(H2,20,26,27). The van der Waals surface area contributed by atoms with E-state index < -0.39 is 21.7 Å². The molecule has 13 heteroatoms. The average molecular weight is 435 g/mol. The minimum absolute atomic E-state index is 0.0162. The van der Waals surface area contributed by atoms with Gasteiger partial charge in [-0.3, -0.25) is 0 Å². The zero-order valence-corrected chi connectivity index (χ0v) is 16.0. The molecule has 0 atom stereocenters. The molecule has 0 saturated carbocycles. The first-order valence-corrected chi connectivity index (χ1v) is 10.2. The smallest absolute Gasteiger partial charge is 0.247 e. The number of benzene rings is 1. The van der Waals surface area contributed by atoms with Crippen molar-refractivity contribution in [2.24, 2.45) is 5.14 Å². The van der Waals surface area contributed by atoms with Crippen molar-refractivity contribution in [3.63, 3.8) is 0 Å². The first-order valence-electron chi connectivity index (χ1n) is 7.87. The number of pyridine rings is 1. The SMILES string of the molecule is Nc1ncc(-c2ccc(S(N)(=O)=O)s2)cc1-c1nnnn1-c1cccc(F)c1F. The molecule has 0 radical (unpaired) electrons. The van der Waals surface area contributed by atoms with Crippen LogP contribution in [0.1, 0.15) is 0 Å². The maximum Gasteiger partial charge on any atom is 0.247 e. The van der Waals surface area contributed by atoms with Gasteiger partial charge in [0.2, 0.25) is 10.0 Å². The summed E-state index contributed by atoms with van der Waals surface area (Å²) in [6.45, 7) is 0. The van der Waals surface area contributed by atoms with E-state index in [1.54, 1.807) is 12.1 Å². The quantitative estimate of drug-likeness (QED) is 0.499. The molecule has 0 amide bonds. The van der Waals surface area contributed by atoms with Crippen LogP contribution in [-0.4, -0.2) is 33.6 Å². The van der Waals surface area contributed by atoms with Gasteiger partial charge in [-0.2, -0.15) is 4.68 Å². The molecule has 9 nitrogen and oxygen atoms in total. The third kappa shape index (κ3) is 3.46. The Morgan fingerprint density at radius 3 is 2.66 bits per heavy atom. The van der Waals surface area contributed by atoms with Crippen molar-refractivity contribution in [1.29, 1.82) is 0 Å². The van der Waals surface area contributed by atoms with Crippen molar-refractivity contribution in [2.45, 2.75) is 4.21 Å². The van der Waals surface area contributed by atoms with Crippen LogP contribution in [0.4, 0.5) is 14.6 Å². The fourth-order valence-corrected chi connectivity index (χ4v) is 4.30. The highest BCUT2D eigenvalue weighted by atomic mass is 32.2. The molecular formula is C16H11F2N7O2S2. The number of nitrogen functional groups attached to an aromatic ring is 1. The van der Waals surface area contributed by atoms with E-state index in [2.05, 4.69) is 20.5 Å². The Morgan fingerprint density at radius 1 is 1.14 bits per heavy atom. The molecule has 1 aromatic carbocycles. The fourth-order valence-electron chi connectivity index (χ4n) is 2.59. The predicted molar refractivity (Wildman–Crippen MR) is 101 cm³/mol. The van der Waals surface area contributed by atoms with Crippen LogP contribution in [0.15, 0.2) is 46.8 Å². The number of hydrogen-bond donors (Lipinski definition) is 2. The van der Waals surface area contributed by atoms with Gasteiger partial charge in [0, 0.05) is 16.6 Å². The van der Waals surface area contributed by atoms with Gasteiger partial charge in [0.05, 0.1) is 5.56 Å². The Labute approximate surface area is 166 Å². The number of tetrazole rings is 1. The van der Waals surface area contributed by atoms with Crippen LogP contribution < -0.4 is 10.9 Å². The second-order valence-corrected chi connectivity index (χ2v) is 8.68. The third-order valence-corrected chi connectivity index (χ3v) is 6.51. The summed E-state index contributed by atoms with van der Waals surface area (Å²) in [5.74, 6) is -2.10. The van der Waals surface area contributed by atoms with Crippen LogP contribution in [0.2, 0.25) is 0 Å². The summed E-state index contributed by atoms with van der Waals surface area (Å²) in [6, 6.07) is 8.11. The summed E-state index contributed by atoms with van der Waals surface area (Å²) in [6.07, 6.45) is 1.44. The third-order valence-electron chi connectivity index (χ3n) is 3.93. The molecule has 0 unspecified atom stereocenters. The molecule has 148 valence electrons. The predicted octanol–water partition coefficient (Wildman–Crippen LogP) is 1.96. The van der Waals surface area contributed by atoms with Gasteiger partial charge in [-0.15, -0.1) is 16.4 Å². The second kappa shape index (κ2) is 6.95. The van der Waals surface area contributed by atoms with Crippen molar-refractivity contribution in [3.8, 4) is 27.5 Å². The molecule has 0 aliphatic rings. The summed E-state index contributed by atoms with van der Waals surface area (Å²) in [5.41, 5.74) is 6.51. The lowest BCUT2D eigenvalue weighted by Gasteiger charge is -2.09. The van der Waals surface area contributed by atoms with Gasteiger partial charge in [-0.25, -0.2) is 27.3 Å². The van der Waals surface area contributed by atoms with Gasteiger partial charge in [0.15, 0.2) is 17.5 Å². The van der Waals surface area contributed by atoms with Gasteiger partial charge in [-0.05, 0) is 40.8 Å². The van der Waals surface area contributed by atoms with E-state index in [1.807, 2.05) is 0 Å². The molecule has 0 aliphatic heterocycles. The summed E-state index contributed by atoms with van der Waals surface area (Å²) >= 11 is 0.948. The number of rotatable bonds is 4. The number of hydrogen-bond acceptors (Lipinski definition) is 8. The lowest BCUT2D eigenvalue weighted by molar-refractivity contribution is 0.501. The average Bonchev–Trinajstić information content (AvgIpc) is 3.34. The van der Waals surface area contributed by atoms with Crippen molar-refractivity contribution >= 4 is 27.2 Å². The van der Waals surface area contributed by atoms with Crippen LogP contribution in [0.3, 0.4) is 0 Å². The van der Waals surface area contributed by atoms with E-state index in [0.29, 0.717) is 10.4 Å². The fraction of sp³-hybridized carbons (Fsp3) is 0. The monoisotopic (exact) mass is 435 g/mol. The Bertz CT molecular complexity index is 1330. The maximum absolute atomic E-state index is 14.2. The summed E-state index contributed by atoms with van der Waals surface area (Å²) in [5, 5.41) is 16.2. The number of nitrogens with two attached hydrogens (primary N) is 2. The number of halogens is 2. The van der Waals surface area contributed by atoms with Gasteiger partial charge >= 0.3 is 0 Å². The zero-order chi connectivity index (χ0) is 20.8. The van der Waals surface area contributed by atoms with Crippen molar-refractivity contribution in [1.82, 2.24) is 25.2 Å². The Kier molecular flexibility index (Phi) is 4.56. The number of anilines is 1. The van der Waals surface area contributed by atoms with Crippen molar-refractivity contribution < 1.29 is 17.2 Å². The molecule has 0 aliphatic carbocycles. The van der Waals surface area contributed by atoms with E-state index in [0.717, 1.165) is 22.1 Å². The lowest BCUT2D eigenvalue weighted by atomic mass is 10.1. The lowest BCUT2D eigenvalue weighted by Crippen LogP contribution is -2.09. The molecule has 0 spiro atoms. The van der Waals surface area contributed by atoms with E-state index in [-0.39, 0.29) is 27.1 Å². The summed E-state index contributed by atoms with van der Waals surface area (Å²) < 4.78 is 51.8. The Balaban J connectivity index is 1.84. The normalized spacial score (nSPS) is 11.7. The highest BCUT2D eigenvalue weighted by molar-refractivity contribution is 7.91. The van der Waals surface area contributed by atoms with Crippen LogP contribution in [0.25, 0.3) is 27.5 Å². The van der Waals surface area contributed by atoms with Crippen LogP contribution in [0, 0.1) is 11.6 Å². The largest absolute Gasteiger partial charge is 0.383 e. The number of nitrogens with zero attached hydrogens (tertiary/aromatic N) is 5. The van der Waals surface area contributed by atoms with Crippen molar-refractivity contribution in [3.05, 3.63) is 54.2 Å². The molecule has 4 rings (SSSR count). The maximum atomic E-state index is 14.2. The van der Waals surface area contributed by atoms with Crippen LogP contribution >= 0.6 is 11.3 Å². The van der Waals surface area contributed by atoms with Crippen molar-refractivity contribution in [2.75, 3.05) is 5.73 Å². The van der Waals surface area contributed by atoms with Gasteiger partial charge < -0.3 is 5.73 Å². The molecule has 0 saturated heterocycles. The van der Waals surface area contributed by atoms with Crippen LogP contribution in [-0.2, 0) is 10.0 Å². The van der Waals surface area contributed by atoms with E-state index >= 15 is 0 Å². The molecule has 4 N–H and O–H groups in total. The molecular weight excluding hydrogens is 424 g/mol. The number of sulfonamides is 1. The first-order chi connectivity index (χ1) is 13.8. The molecule has 4 aromatic rings. The number of primary sulfonamides is 1. The minimum Gasteiger partial charge on any atom is -0.383 e. The van der Waals surface area contributed by atoms with Crippen LogP contribution in [0.5, 0.6) is 0 Å². The van der Waals surface area contributed by atoms with Gasteiger partial charge in [-0.1, -0.05) is 6.07 Å². The highest BCUT2D eigenvalue weighted by Crippen LogP contribution is 2.34. The second-order valence-electron chi connectivity index (χ2n) is 5.81. The minimum atomic E-state index is -3.84. The molecule has 0 bridgehead atoms. The van der Waals surface area contributed by atoms with E-state index in [1.165, 1.54) is 24.4 Å². The Hall–Kier alpha value is -3.29. The topological polar surface area (TPSA) is 143 Å². The van der Waals surface area contributed by atoms with E-state index in [4.69, 9.17) is 10.9 Å². The molecule has 0 fully saturated rings. The molecule has 3 heterocycles. The first kappa shape index (κ1) is 19.0.